The summed E-state index contributed by atoms with van der Waals surface area (Å²) in [5.41, 5.74) is 7.92. The topological polar surface area (TPSA) is 46.2 Å². The zero-order valence-corrected chi connectivity index (χ0v) is 10.7. The normalized spacial score (nSPS) is 14.8. The van der Waals surface area contributed by atoms with Crippen LogP contribution < -0.4 is 5.73 Å². The molecule has 0 aliphatic heterocycles. The molecule has 0 fully saturated rings. The van der Waals surface area contributed by atoms with E-state index in [1.165, 1.54) is 0 Å². The molecule has 3 heteroatoms. The molecule has 2 nitrogen and oxygen atoms in total. The van der Waals surface area contributed by atoms with E-state index >= 15 is 0 Å². The van der Waals surface area contributed by atoms with Crippen LogP contribution in [0.25, 0.3) is 0 Å². The first-order chi connectivity index (χ1) is 7.56. The summed E-state index contributed by atoms with van der Waals surface area (Å²) in [6.07, 6.45) is 2.31. The van der Waals surface area contributed by atoms with E-state index in [2.05, 4.69) is 6.92 Å². The summed E-state index contributed by atoms with van der Waals surface area (Å²) in [4.78, 5) is 0. The lowest BCUT2D eigenvalue weighted by molar-refractivity contribution is 0.132. The van der Waals surface area contributed by atoms with Crippen LogP contribution >= 0.6 is 11.6 Å². The Morgan fingerprint density at radius 2 is 2.12 bits per heavy atom. The predicted molar refractivity (Wildman–Crippen MR) is 68.6 cm³/mol. The number of aryl methyl sites for hydroxylation is 1. The van der Waals surface area contributed by atoms with Crippen molar-refractivity contribution in [2.24, 2.45) is 5.73 Å². The van der Waals surface area contributed by atoms with Gasteiger partial charge in [-0.25, -0.2) is 0 Å². The summed E-state index contributed by atoms with van der Waals surface area (Å²) < 4.78 is 0. The number of hydrogen-bond acceptors (Lipinski definition) is 2. The molecule has 3 N–H and O–H groups in total. The van der Waals surface area contributed by atoms with Crippen molar-refractivity contribution in [2.45, 2.75) is 45.3 Å². The molecule has 0 unspecified atom stereocenters. The average molecular weight is 242 g/mol. The minimum Gasteiger partial charge on any atom is -0.391 e. The highest BCUT2D eigenvalue weighted by Gasteiger charge is 2.16. The molecular formula is C13H20ClNO. The number of aliphatic hydroxyl groups is 1. The second-order valence-corrected chi connectivity index (χ2v) is 4.65. The Morgan fingerprint density at radius 3 is 2.69 bits per heavy atom. The van der Waals surface area contributed by atoms with E-state index in [0.29, 0.717) is 5.02 Å². The van der Waals surface area contributed by atoms with Crippen LogP contribution in [0.2, 0.25) is 5.02 Å². The molecule has 0 bridgehead atoms. The summed E-state index contributed by atoms with van der Waals surface area (Å²) in [6.45, 7) is 4.05. The van der Waals surface area contributed by atoms with Crippen LogP contribution in [-0.4, -0.2) is 11.2 Å². The van der Waals surface area contributed by atoms with E-state index in [-0.39, 0.29) is 6.04 Å². The minimum absolute atomic E-state index is 0.343. The van der Waals surface area contributed by atoms with Gasteiger partial charge in [-0.3, -0.25) is 0 Å². The molecule has 0 radical (unpaired) electrons. The van der Waals surface area contributed by atoms with Crippen LogP contribution in [0.1, 0.15) is 43.4 Å². The van der Waals surface area contributed by atoms with Crippen LogP contribution in [0.3, 0.4) is 0 Å². The van der Waals surface area contributed by atoms with Gasteiger partial charge in [-0.2, -0.15) is 0 Å². The Bertz CT molecular complexity index is 341. The smallest absolute Gasteiger partial charge is 0.0732 e. The number of aliphatic hydroxyl groups excluding tert-OH is 1. The molecule has 0 spiro atoms. The third-order valence-corrected chi connectivity index (χ3v) is 3.26. The third-order valence-electron chi connectivity index (χ3n) is 2.85. The molecule has 1 rings (SSSR count). The van der Waals surface area contributed by atoms with Crippen LogP contribution in [-0.2, 0) is 0 Å². The van der Waals surface area contributed by atoms with Crippen molar-refractivity contribution < 1.29 is 5.11 Å². The van der Waals surface area contributed by atoms with Gasteiger partial charge in [0, 0.05) is 5.02 Å². The molecule has 0 amide bonds. The Kier molecular flexibility index (Phi) is 5.26. The lowest BCUT2D eigenvalue weighted by atomic mass is 9.98. The Hall–Kier alpha value is -0.570. The number of rotatable bonds is 5. The summed E-state index contributed by atoms with van der Waals surface area (Å²) in [7, 11) is 0. The quantitative estimate of drug-likeness (QED) is 0.832. The van der Waals surface area contributed by atoms with Crippen molar-refractivity contribution in [1.82, 2.24) is 0 Å². The van der Waals surface area contributed by atoms with Crippen LogP contribution in [0.15, 0.2) is 18.2 Å². The fourth-order valence-corrected chi connectivity index (χ4v) is 1.82. The van der Waals surface area contributed by atoms with E-state index in [1.807, 2.05) is 25.1 Å². The molecule has 0 aromatic heterocycles. The molecule has 0 aliphatic carbocycles. The van der Waals surface area contributed by atoms with Crippen molar-refractivity contribution in [3.63, 3.8) is 0 Å². The van der Waals surface area contributed by atoms with E-state index in [0.717, 1.165) is 30.4 Å². The van der Waals surface area contributed by atoms with E-state index in [4.69, 9.17) is 17.3 Å². The fraction of sp³-hybridized carbons (Fsp3) is 0.538. The second kappa shape index (κ2) is 6.24. The molecule has 0 heterocycles. The van der Waals surface area contributed by atoms with E-state index < -0.39 is 6.10 Å². The molecular weight excluding hydrogens is 222 g/mol. The Balaban J connectivity index is 2.71. The first-order valence-corrected chi connectivity index (χ1v) is 6.13. The van der Waals surface area contributed by atoms with Crippen molar-refractivity contribution in [2.75, 3.05) is 0 Å². The van der Waals surface area contributed by atoms with Crippen molar-refractivity contribution in [3.8, 4) is 0 Å². The number of nitrogens with two attached hydrogens (primary N) is 1. The van der Waals surface area contributed by atoms with Gasteiger partial charge in [0.2, 0.25) is 0 Å². The van der Waals surface area contributed by atoms with Gasteiger partial charge in [0.15, 0.2) is 0 Å². The number of halogens is 1. The van der Waals surface area contributed by atoms with Gasteiger partial charge >= 0.3 is 0 Å². The van der Waals surface area contributed by atoms with Crippen molar-refractivity contribution in [1.29, 1.82) is 0 Å². The number of benzene rings is 1. The maximum Gasteiger partial charge on any atom is 0.0732 e. The summed E-state index contributed by atoms with van der Waals surface area (Å²) in [5, 5.41) is 10.6. The molecule has 0 saturated carbocycles. The molecule has 0 aliphatic rings. The van der Waals surface area contributed by atoms with Crippen LogP contribution in [0.5, 0.6) is 0 Å². The average Bonchev–Trinajstić information content (AvgIpc) is 2.28. The van der Waals surface area contributed by atoms with Gasteiger partial charge in [-0.15, -0.1) is 0 Å². The Morgan fingerprint density at radius 1 is 1.44 bits per heavy atom. The van der Waals surface area contributed by atoms with Crippen molar-refractivity contribution >= 4 is 11.6 Å². The molecule has 1 aromatic carbocycles. The monoisotopic (exact) mass is 241 g/mol. The van der Waals surface area contributed by atoms with Gasteiger partial charge in [-0.05, 0) is 30.5 Å². The maximum atomic E-state index is 9.89. The predicted octanol–water partition coefficient (Wildman–Crippen LogP) is 3.20. The summed E-state index contributed by atoms with van der Waals surface area (Å²) in [5.74, 6) is 0. The first kappa shape index (κ1) is 13.5. The van der Waals surface area contributed by atoms with Gasteiger partial charge < -0.3 is 10.8 Å². The lowest BCUT2D eigenvalue weighted by Gasteiger charge is -2.19. The van der Waals surface area contributed by atoms with Gasteiger partial charge in [0.25, 0.3) is 0 Å². The van der Waals surface area contributed by atoms with E-state index in [9.17, 15) is 5.11 Å². The van der Waals surface area contributed by atoms with Crippen LogP contribution in [0, 0.1) is 6.92 Å². The third kappa shape index (κ3) is 3.48. The van der Waals surface area contributed by atoms with Crippen LogP contribution in [0.4, 0.5) is 0 Å². The van der Waals surface area contributed by atoms with Gasteiger partial charge in [0.1, 0.15) is 0 Å². The highest BCUT2D eigenvalue weighted by Crippen LogP contribution is 2.23. The highest BCUT2D eigenvalue weighted by molar-refractivity contribution is 6.31. The molecule has 16 heavy (non-hydrogen) atoms. The van der Waals surface area contributed by atoms with E-state index in [1.54, 1.807) is 0 Å². The Labute approximate surface area is 102 Å². The summed E-state index contributed by atoms with van der Waals surface area (Å²) in [6, 6.07) is 5.37. The first-order valence-electron chi connectivity index (χ1n) is 5.76. The van der Waals surface area contributed by atoms with Crippen molar-refractivity contribution in [3.05, 3.63) is 34.3 Å². The molecule has 1 aromatic rings. The number of hydrogen-bond donors (Lipinski definition) is 2. The standard InChI is InChI=1S/C13H20ClNO/c1-3-4-5-12(16)13(15)10-7-6-9(2)11(14)8-10/h6-8,12-13,16H,3-5,15H2,1-2H3/t12-,13+/m1/s1. The zero-order valence-electron chi connectivity index (χ0n) is 9.91. The summed E-state index contributed by atoms with van der Waals surface area (Å²) >= 11 is 6.03. The highest BCUT2D eigenvalue weighted by atomic mass is 35.5. The molecule has 0 saturated heterocycles. The maximum absolute atomic E-state index is 9.89. The largest absolute Gasteiger partial charge is 0.391 e. The molecule has 2 atom stereocenters. The van der Waals surface area contributed by atoms with Gasteiger partial charge in [-0.1, -0.05) is 43.5 Å². The molecule has 90 valence electrons. The number of unbranched alkanes of at least 4 members (excludes halogenated alkanes) is 1. The second-order valence-electron chi connectivity index (χ2n) is 4.24. The fourth-order valence-electron chi connectivity index (χ4n) is 1.63. The lowest BCUT2D eigenvalue weighted by Crippen LogP contribution is -2.26. The van der Waals surface area contributed by atoms with Gasteiger partial charge in [0.05, 0.1) is 12.1 Å². The zero-order chi connectivity index (χ0) is 12.1. The SMILES string of the molecule is CCCC[C@@H](O)[C@@H](N)c1ccc(C)c(Cl)c1. The minimum atomic E-state index is -0.487.